The van der Waals surface area contributed by atoms with Gasteiger partial charge < -0.3 is 14.4 Å². The minimum absolute atomic E-state index is 0.143. The van der Waals surface area contributed by atoms with Gasteiger partial charge in [0.05, 0.1) is 11.3 Å². The lowest BCUT2D eigenvalue weighted by molar-refractivity contribution is -0.145. The average molecular weight is 500 g/mol. The van der Waals surface area contributed by atoms with Gasteiger partial charge in [-0.05, 0) is 32.0 Å². The molecule has 0 aliphatic carbocycles. The summed E-state index contributed by atoms with van der Waals surface area (Å²) in [7, 11) is -1.22. The normalized spacial score (nSPS) is 13.1. The second-order valence-electron chi connectivity index (χ2n) is 6.94. The molecule has 0 aliphatic rings. The average Bonchev–Trinajstić information content (AvgIpc) is 3.24. The lowest BCUT2D eigenvalue weighted by atomic mass is 10.1. The van der Waals surface area contributed by atoms with E-state index in [1.807, 2.05) is 6.92 Å². The highest BCUT2D eigenvalue weighted by Crippen LogP contribution is 2.46. The molecular formula is C20H20F3N4O4PS. The van der Waals surface area contributed by atoms with Crippen molar-refractivity contribution in [1.29, 1.82) is 0 Å². The number of benzene rings is 1. The molecule has 1 atom stereocenters. The van der Waals surface area contributed by atoms with Crippen molar-refractivity contribution in [3.8, 4) is 10.6 Å². The molecule has 0 saturated carbocycles. The van der Waals surface area contributed by atoms with Crippen LogP contribution in [0.4, 0.5) is 13.2 Å². The first-order valence-electron chi connectivity index (χ1n) is 9.47. The summed E-state index contributed by atoms with van der Waals surface area (Å²) in [5.41, 5.74) is 0.961. The maximum absolute atomic E-state index is 13.0. The van der Waals surface area contributed by atoms with Crippen molar-refractivity contribution in [2.45, 2.75) is 26.1 Å². The molecule has 13 heteroatoms. The molecule has 1 N–H and O–H groups in total. The van der Waals surface area contributed by atoms with Gasteiger partial charge in [-0.1, -0.05) is 0 Å². The highest BCUT2D eigenvalue weighted by molar-refractivity contribution is 7.62. The number of amides is 1. The van der Waals surface area contributed by atoms with Crippen LogP contribution >= 0.6 is 18.9 Å². The highest BCUT2D eigenvalue weighted by Gasteiger charge is 2.34. The molecule has 0 spiro atoms. The molecular weight excluding hydrogens is 480 g/mol. The molecule has 0 unspecified atom stereocenters. The second kappa shape index (κ2) is 9.68. The third kappa shape index (κ3) is 5.64. The number of carbonyl (C=O) groups excluding carboxylic acids is 1. The fourth-order valence-corrected chi connectivity index (χ4v) is 4.79. The number of nitrogens with one attached hydrogen (secondary N) is 1. The molecule has 3 rings (SSSR count). The molecule has 0 aliphatic heterocycles. The van der Waals surface area contributed by atoms with Gasteiger partial charge >= 0.3 is 13.8 Å². The van der Waals surface area contributed by atoms with Crippen molar-refractivity contribution in [3.05, 3.63) is 58.6 Å². The van der Waals surface area contributed by atoms with E-state index in [4.69, 9.17) is 9.05 Å². The highest BCUT2D eigenvalue weighted by atomic mass is 32.1. The smallest absolute Gasteiger partial charge is 0.345 e. The quantitative estimate of drug-likeness (QED) is 0.476. The topological polar surface area (TPSA) is 103 Å². The third-order valence-electron chi connectivity index (χ3n) is 4.62. The second-order valence-corrected chi connectivity index (χ2v) is 10.4. The SMILES string of the molecule is COP(=O)(OC)c1cc(C(=O)N[C@H](C)c2cnc(C(F)(F)F)nc2)cc(-c2ncc(C)s2)c1. The van der Waals surface area contributed by atoms with Crippen molar-refractivity contribution >= 4 is 30.1 Å². The van der Waals surface area contributed by atoms with Crippen LogP contribution in [0.15, 0.2) is 36.8 Å². The van der Waals surface area contributed by atoms with Crippen molar-refractivity contribution in [2.75, 3.05) is 14.2 Å². The maximum Gasteiger partial charge on any atom is 0.451 e. The van der Waals surface area contributed by atoms with Crippen LogP contribution < -0.4 is 10.6 Å². The van der Waals surface area contributed by atoms with Crippen LogP contribution in [0.1, 0.15) is 39.6 Å². The van der Waals surface area contributed by atoms with Gasteiger partial charge in [0.15, 0.2) is 0 Å². The van der Waals surface area contributed by atoms with E-state index in [1.54, 1.807) is 25.3 Å². The largest absolute Gasteiger partial charge is 0.451 e. The predicted octanol–water partition coefficient (Wildman–Crippen LogP) is 4.53. The number of hydrogen-bond donors (Lipinski definition) is 1. The maximum atomic E-state index is 13.0. The number of alkyl halides is 3. The van der Waals surface area contributed by atoms with E-state index in [-0.39, 0.29) is 16.4 Å². The summed E-state index contributed by atoms with van der Waals surface area (Å²) in [5.74, 6) is -1.83. The lowest BCUT2D eigenvalue weighted by Crippen LogP contribution is -2.28. The van der Waals surface area contributed by atoms with E-state index < -0.39 is 31.5 Å². The fraction of sp³-hybridized carbons (Fsp3) is 0.300. The number of carbonyl (C=O) groups is 1. The summed E-state index contributed by atoms with van der Waals surface area (Å²) in [6.45, 7) is 3.45. The van der Waals surface area contributed by atoms with Gasteiger partial charge in [-0.3, -0.25) is 9.36 Å². The van der Waals surface area contributed by atoms with Gasteiger partial charge in [-0.25, -0.2) is 15.0 Å². The zero-order valence-electron chi connectivity index (χ0n) is 18.0. The Labute approximate surface area is 191 Å². The Morgan fingerprint density at radius 3 is 2.24 bits per heavy atom. The number of nitrogens with zero attached hydrogens (tertiary/aromatic N) is 3. The molecule has 0 saturated heterocycles. The van der Waals surface area contributed by atoms with E-state index in [0.29, 0.717) is 10.6 Å². The Hall–Kier alpha value is -2.66. The van der Waals surface area contributed by atoms with Gasteiger partial charge in [0.1, 0.15) is 5.01 Å². The molecule has 0 fully saturated rings. The fourth-order valence-electron chi connectivity index (χ4n) is 2.87. The molecule has 0 bridgehead atoms. The number of halogens is 3. The van der Waals surface area contributed by atoms with E-state index >= 15 is 0 Å². The number of rotatable bonds is 7. The molecule has 8 nitrogen and oxygen atoms in total. The Bertz CT molecular complexity index is 1190. The number of aryl methyl sites for hydroxylation is 1. The van der Waals surface area contributed by atoms with Crippen molar-refractivity contribution in [2.24, 2.45) is 0 Å². The summed E-state index contributed by atoms with van der Waals surface area (Å²) >= 11 is 1.39. The van der Waals surface area contributed by atoms with E-state index in [2.05, 4.69) is 20.3 Å². The number of aromatic nitrogens is 3. The summed E-state index contributed by atoms with van der Waals surface area (Å²) in [6.07, 6.45) is -0.978. The van der Waals surface area contributed by atoms with Crippen LogP contribution in [0.2, 0.25) is 0 Å². The standard InChI is InChI=1S/C20H20F3N4O4PS/c1-11-8-24-18(33-11)14-5-13(6-16(7-14)32(29,30-3)31-4)17(28)27-12(2)15-9-25-19(26-10-15)20(21,22)23/h5-10,12H,1-4H3,(H,27,28)/t12-/m1/s1. The summed E-state index contributed by atoms with van der Waals surface area (Å²) in [6, 6.07) is 3.83. The number of thiazole rings is 1. The first-order chi connectivity index (χ1) is 15.5. The first kappa shape index (κ1) is 25.0. The molecule has 1 aromatic carbocycles. The Morgan fingerprint density at radius 2 is 1.73 bits per heavy atom. The first-order valence-corrected chi connectivity index (χ1v) is 11.8. The summed E-state index contributed by atoms with van der Waals surface area (Å²) in [5, 5.41) is 3.44. The van der Waals surface area contributed by atoms with E-state index in [1.165, 1.54) is 31.6 Å². The predicted molar refractivity (Wildman–Crippen MR) is 116 cm³/mol. The zero-order chi connectivity index (χ0) is 24.4. The van der Waals surface area contributed by atoms with E-state index in [9.17, 15) is 22.5 Å². The molecule has 2 aromatic heterocycles. The summed E-state index contributed by atoms with van der Waals surface area (Å²) in [4.78, 5) is 24.9. The van der Waals surface area contributed by atoms with Crippen LogP contribution in [-0.4, -0.2) is 35.1 Å². The summed E-state index contributed by atoms with van der Waals surface area (Å²) < 4.78 is 61.2. The molecule has 3 aromatic rings. The van der Waals surface area contributed by atoms with Gasteiger partial charge in [0.25, 0.3) is 5.91 Å². The van der Waals surface area contributed by atoms with Crippen LogP contribution in [0, 0.1) is 6.92 Å². The van der Waals surface area contributed by atoms with Crippen molar-refractivity contribution in [3.63, 3.8) is 0 Å². The molecule has 176 valence electrons. The number of hydrogen-bond acceptors (Lipinski definition) is 8. The van der Waals surface area contributed by atoms with Gasteiger partial charge in [-0.2, -0.15) is 13.2 Å². The van der Waals surface area contributed by atoms with Gasteiger partial charge in [0, 0.05) is 54.4 Å². The van der Waals surface area contributed by atoms with Crippen LogP contribution in [0.5, 0.6) is 0 Å². The molecule has 0 radical (unpaired) electrons. The van der Waals surface area contributed by atoms with Crippen molar-refractivity contribution < 1.29 is 31.6 Å². The Balaban J connectivity index is 1.93. The third-order valence-corrected chi connectivity index (χ3v) is 7.43. The van der Waals surface area contributed by atoms with Crippen LogP contribution in [0.3, 0.4) is 0 Å². The van der Waals surface area contributed by atoms with Crippen LogP contribution in [0.25, 0.3) is 10.6 Å². The Kier molecular flexibility index (Phi) is 7.32. The van der Waals surface area contributed by atoms with Gasteiger partial charge in [-0.15, -0.1) is 11.3 Å². The minimum Gasteiger partial charge on any atom is -0.345 e. The molecule has 1 amide bonds. The van der Waals surface area contributed by atoms with E-state index in [0.717, 1.165) is 17.3 Å². The molecule has 33 heavy (non-hydrogen) atoms. The minimum atomic E-state index is -4.66. The zero-order valence-corrected chi connectivity index (χ0v) is 19.7. The Morgan fingerprint density at radius 1 is 1.09 bits per heavy atom. The van der Waals surface area contributed by atoms with Crippen molar-refractivity contribution in [1.82, 2.24) is 20.3 Å². The molecule has 2 heterocycles. The lowest BCUT2D eigenvalue weighted by Gasteiger charge is -2.18. The van der Waals surface area contributed by atoms with Crippen LogP contribution in [-0.2, 0) is 19.8 Å². The van der Waals surface area contributed by atoms with Gasteiger partial charge in [0.2, 0.25) is 5.82 Å². The monoisotopic (exact) mass is 500 g/mol.